The van der Waals surface area contributed by atoms with Gasteiger partial charge in [0.25, 0.3) is 5.78 Å². The molecule has 0 aliphatic carbocycles. The predicted molar refractivity (Wildman–Crippen MR) is 60.8 cm³/mol. The minimum Gasteiger partial charge on any atom is -0.348 e. The number of ketones is 1. The molecular formula is C11H9F3N2OS. The van der Waals surface area contributed by atoms with Crippen molar-refractivity contribution in [2.24, 2.45) is 0 Å². The van der Waals surface area contributed by atoms with E-state index in [1.807, 2.05) is 6.92 Å². The number of hydrogen-bond acceptors (Lipinski definition) is 3. The van der Waals surface area contributed by atoms with Crippen LogP contribution in [0, 0.1) is 6.92 Å². The fourth-order valence-corrected chi connectivity index (χ4v) is 2.30. The number of Topliss-reactive ketones (excluding diaryl/α,β-unsaturated/α-hetero) is 1. The molecule has 0 saturated heterocycles. The molecule has 0 saturated carbocycles. The highest BCUT2D eigenvalue weighted by Gasteiger charge is 2.39. The lowest BCUT2D eigenvalue weighted by molar-refractivity contribution is -0.0885. The first-order valence-electron chi connectivity index (χ1n) is 5.05. The van der Waals surface area contributed by atoms with Crippen LogP contribution in [0.25, 0.3) is 0 Å². The number of alkyl halides is 3. The molecule has 0 aliphatic rings. The van der Waals surface area contributed by atoms with Gasteiger partial charge < -0.3 is 4.57 Å². The number of nitrogens with zero attached hydrogens (tertiary/aromatic N) is 2. The lowest BCUT2D eigenvalue weighted by Gasteiger charge is -2.02. The number of thiazole rings is 1. The second kappa shape index (κ2) is 4.56. The summed E-state index contributed by atoms with van der Waals surface area (Å²) in [6.07, 6.45) is -0.503. The molecule has 7 heteroatoms. The Morgan fingerprint density at radius 2 is 2.22 bits per heavy atom. The Bertz CT molecular complexity index is 571. The molecular weight excluding hydrogens is 265 g/mol. The van der Waals surface area contributed by atoms with E-state index in [2.05, 4.69) is 4.98 Å². The van der Waals surface area contributed by atoms with E-state index in [9.17, 15) is 18.0 Å². The molecule has 0 spiro atoms. The van der Waals surface area contributed by atoms with E-state index in [0.29, 0.717) is 6.54 Å². The number of aromatic nitrogens is 2. The van der Waals surface area contributed by atoms with Crippen molar-refractivity contribution in [2.75, 3.05) is 0 Å². The first-order chi connectivity index (χ1) is 8.36. The van der Waals surface area contributed by atoms with Crippen LogP contribution in [0.3, 0.4) is 0 Å². The third-order valence-electron chi connectivity index (χ3n) is 2.28. The normalized spacial score (nSPS) is 11.8. The van der Waals surface area contributed by atoms with Gasteiger partial charge >= 0.3 is 6.18 Å². The SMILES string of the molecule is Cc1ncc(Cn2ccc(C(=O)C(F)(F)F)c2)s1. The number of hydrogen-bond donors (Lipinski definition) is 0. The maximum atomic E-state index is 12.2. The lowest BCUT2D eigenvalue weighted by atomic mass is 10.2. The summed E-state index contributed by atoms with van der Waals surface area (Å²) in [5.74, 6) is -1.82. The molecule has 0 radical (unpaired) electrons. The molecule has 3 nitrogen and oxygen atoms in total. The van der Waals surface area contributed by atoms with Gasteiger partial charge in [-0.15, -0.1) is 11.3 Å². The summed E-state index contributed by atoms with van der Waals surface area (Å²) in [4.78, 5) is 16.0. The topological polar surface area (TPSA) is 34.9 Å². The van der Waals surface area contributed by atoms with Crippen molar-refractivity contribution in [3.63, 3.8) is 0 Å². The summed E-state index contributed by atoms with van der Waals surface area (Å²) in [6, 6.07) is 1.17. The van der Waals surface area contributed by atoms with Gasteiger partial charge in [-0.25, -0.2) is 4.98 Å². The molecule has 0 fully saturated rings. The average Bonchev–Trinajstić information content (AvgIpc) is 2.86. The fourth-order valence-electron chi connectivity index (χ4n) is 1.50. The Kier molecular flexibility index (Phi) is 3.25. The summed E-state index contributed by atoms with van der Waals surface area (Å²) in [6.45, 7) is 2.26. The van der Waals surface area contributed by atoms with Crippen LogP contribution in [0.15, 0.2) is 24.7 Å². The van der Waals surface area contributed by atoms with Crippen LogP contribution in [-0.4, -0.2) is 21.5 Å². The van der Waals surface area contributed by atoms with Crippen LogP contribution in [0.5, 0.6) is 0 Å². The largest absolute Gasteiger partial charge is 0.454 e. The molecule has 2 rings (SSSR count). The number of aryl methyl sites for hydroxylation is 1. The molecule has 0 N–H and O–H groups in total. The molecule has 0 amide bonds. The highest BCUT2D eigenvalue weighted by atomic mass is 32.1. The van der Waals surface area contributed by atoms with Crippen LogP contribution in [0.1, 0.15) is 20.2 Å². The summed E-state index contributed by atoms with van der Waals surface area (Å²) in [5.41, 5.74) is -0.344. The van der Waals surface area contributed by atoms with Gasteiger partial charge in [-0.05, 0) is 13.0 Å². The van der Waals surface area contributed by atoms with Crippen LogP contribution < -0.4 is 0 Å². The highest BCUT2D eigenvalue weighted by molar-refractivity contribution is 7.11. The highest BCUT2D eigenvalue weighted by Crippen LogP contribution is 2.22. The Morgan fingerprint density at radius 3 is 2.78 bits per heavy atom. The maximum Gasteiger partial charge on any atom is 0.454 e. The Morgan fingerprint density at radius 1 is 1.50 bits per heavy atom. The fraction of sp³-hybridized carbons (Fsp3) is 0.273. The average molecular weight is 274 g/mol. The number of carbonyl (C=O) groups excluding carboxylic acids is 1. The van der Waals surface area contributed by atoms with Crippen LogP contribution in [-0.2, 0) is 6.54 Å². The van der Waals surface area contributed by atoms with Crippen LogP contribution >= 0.6 is 11.3 Å². The maximum absolute atomic E-state index is 12.2. The molecule has 0 aromatic carbocycles. The standard InChI is InChI=1S/C11H9F3N2OS/c1-7-15-4-9(18-7)6-16-3-2-8(5-16)10(17)11(12,13)14/h2-5H,6H2,1H3. The van der Waals surface area contributed by atoms with Crippen molar-refractivity contribution < 1.29 is 18.0 Å². The smallest absolute Gasteiger partial charge is 0.348 e. The molecule has 0 atom stereocenters. The zero-order chi connectivity index (χ0) is 13.3. The van der Waals surface area contributed by atoms with Crippen molar-refractivity contribution in [1.82, 2.24) is 9.55 Å². The third kappa shape index (κ3) is 2.79. The van der Waals surface area contributed by atoms with Crippen LogP contribution in [0.4, 0.5) is 13.2 Å². The van der Waals surface area contributed by atoms with E-state index in [4.69, 9.17) is 0 Å². The van der Waals surface area contributed by atoms with Gasteiger partial charge in [0.05, 0.1) is 11.6 Å². The quantitative estimate of drug-likeness (QED) is 0.806. The zero-order valence-corrected chi connectivity index (χ0v) is 10.2. The van der Waals surface area contributed by atoms with E-state index in [1.165, 1.54) is 34.4 Å². The molecule has 2 heterocycles. The number of halogens is 3. The monoisotopic (exact) mass is 274 g/mol. The van der Waals surface area contributed by atoms with E-state index in [-0.39, 0.29) is 5.56 Å². The van der Waals surface area contributed by atoms with E-state index in [1.54, 1.807) is 6.20 Å². The van der Waals surface area contributed by atoms with Gasteiger partial charge in [0.1, 0.15) is 0 Å². The van der Waals surface area contributed by atoms with Gasteiger partial charge in [0.15, 0.2) is 0 Å². The van der Waals surface area contributed by atoms with Gasteiger partial charge in [-0.2, -0.15) is 13.2 Å². The predicted octanol–water partition coefficient (Wildman–Crippen LogP) is 3.05. The van der Waals surface area contributed by atoms with Crippen molar-refractivity contribution in [3.05, 3.63) is 40.1 Å². The number of rotatable bonds is 3. The zero-order valence-electron chi connectivity index (χ0n) is 9.36. The summed E-state index contributed by atoms with van der Waals surface area (Å²) < 4.78 is 38.2. The van der Waals surface area contributed by atoms with E-state index in [0.717, 1.165) is 9.88 Å². The van der Waals surface area contributed by atoms with Gasteiger partial charge in [0.2, 0.25) is 0 Å². The van der Waals surface area contributed by atoms with Crippen LogP contribution in [0.2, 0.25) is 0 Å². The Balaban J connectivity index is 2.14. The molecule has 18 heavy (non-hydrogen) atoms. The van der Waals surface area contributed by atoms with Crippen molar-refractivity contribution in [3.8, 4) is 0 Å². The first kappa shape index (κ1) is 12.8. The second-order valence-corrected chi connectivity index (χ2v) is 5.06. The van der Waals surface area contributed by atoms with Crippen molar-refractivity contribution in [1.29, 1.82) is 0 Å². The van der Waals surface area contributed by atoms with E-state index >= 15 is 0 Å². The molecule has 2 aromatic heterocycles. The summed E-state index contributed by atoms with van der Waals surface area (Å²) >= 11 is 1.47. The van der Waals surface area contributed by atoms with Gasteiger partial charge in [0, 0.05) is 29.0 Å². The Labute approximate surface area is 105 Å². The minimum absolute atomic E-state index is 0.344. The third-order valence-corrected chi connectivity index (χ3v) is 3.18. The van der Waals surface area contributed by atoms with E-state index < -0.39 is 12.0 Å². The van der Waals surface area contributed by atoms with Gasteiger partial charge in [-0.3, -0.25) is 4.79 Å². The molecule has 0 aliphatic heterocycles. The minimum atomic E-state index is -4.83. The molecule has 96 valence electrons. The molecule has 0 bridgehead atoms. The van der Waals surface area contributed by atoms with Crippen molar-refractivity contribution >= 4 is 17.1 Å². The molecule has 2 aromatic rings. The second-order valence-electron chi connectivity index (χ2n) is 3.74. The van der Waals surface area contributed by atoms with Gasteiger partial charge in [-0.1, -0.05) is 0 Å². The van der Waals surface area contributed by atoms with Crippen molar-refractivity contribution in [2.45, 2.75) is 19.6 Å². The number of carbonyl (C=O) groups is 1. The molecule has 0 unspecified atom stereocenters. The first-order valence-corrected chi connectivity index (χ1v) is 5.86. The Hall–Kier alpha value is -1.63. The summed E-state index contributed by atoms with van der Waals surface area (Å²) in [7, 11) is 0. The summed E-state index contributed by atoms with van der Waals surface area (Å²) in [5, 5.41) is 0.892. The lowest BCUT2D eigenvalue weighted by Crippen LogP contribution is -2.22.